The normalized spacial score (nSPS) is 17.1. The Morgan fingerprint density at radius 2 is 1.68 bits per heavy atom. The van der Waals surface area contributed by atoms with Gasteiger partial charge in [-0.15, -0.1) is 12.4 Å². The number of halogens is 1. The van der Waals surface area contributed by atoms with E-state index >= 15 is 0 Å². The zero-order valence-corrected chi connectivity index (χ0v) is 12.5. The average molecular weight is 291 g/mol. The van der Waals surface area contributed by atoms with Crippen LogP contribution in [0.1, 0.15) is 57.8 Å². The molecule has 0 aromatic carbocycles. The van der Waals surface area contributed by atoms with E-state index in [1.54, 1.807) is 0 Å². The fourth-order valence-electron chi connectivity index (χ4n) is 2.48. The summed E-state index contributed by atoms with van der Waals surface area (Å²) in [6, 6.07) is 0. The van der Waals surface area contributed by atoms with Gasteiger partial charge in [-0.3, -0.25) is 4.79 Å². The highest BCUT2D eigenvalue weighted by Gasteiger charge is 2.07. The Morgan fingerprint density at radius 3 is 2.32 bits per heavy atom. The van der Waals surface area contributed by atoms with Crippen LogP contribution in [-0.4, -0.2) is 41.7 Å². The first-order valence-corrected chi connectivity index (χ1v) is 7.25. The number of Topliss-reactive ketones (excluding diaryl/α,β-unsaturated/α-hetero) is 1. The molecule has 19 heavy (non-hydrogen) atoms. The predicted octanol–water partition coefficient (Wildman–Crippen LogP) is 3.26. The highest BCUT2D eigenvalue weighted by Crippen LogP contribution is 2.11. The SMILES string of the molecule is Cl.O=C(C=NO)CCCCCCN1CCCCCC1. The Labute approximate surface area is 122 Å². The zero-order chi connectivity index (χ0) is 13.1. The first-order valence-electron chi connectivity index (χ1n) is 7.25. The van der Waals surface area contributed by atoms with Gasteiger partial charge in [0.1, 0.15) is 6.21 Å². The van der Waals surface area contributed by atoms with Gasteiger partial charge in [0.15, 0.2) is 5.78 Å². The number of nitrogens with zero attached hydrogens (tertiary/aromatic N) is 2. The maximum atomic E-state index is 11.0. The Hall–Kier alpha value is -0.610. The second-order valence-electron chi connectivity index (χ2n) is 5.13. The van der Waals surface area contributed by atoms with Gasteiger partial charge >= 0.3 is 0 Å². The fourth-order valence-corrected chi connectivity index (χ4v) is 2.48. The van der Waals surface area contributed by atoms with Gasteiger partial charge in [0.2, 0.25) is 0 Å². The first-order chi connectivity index (χ1) is 8.83. The van der Waals surface area contributed by atoms with Crippen molar-refractivity contribution in [1.82, 2.24) is 4.90 Å². The van der Waals surface area contributed by atoms with Crippen LogP contribution in [0.15, 0.2) is 5.16 Å². The maximum Gasteiger partial charge on any atom is 0.177 e. The molecule has 112 valence electrons. The summed E-state index contributed by atoms with van der Waals surface area (Å²) in [5.41, 5.74) is 0. The van der Waals surface area contributed by atoms with Crippen molar-refractivity contribution in [2.45, 2.75) is 57.8 Å². The van der Waals surface area contributed by atoms with E-state index in [2.05, 4.69) is 10.1 Å². The number of oxime groups is 1. The molecule has 0 aliphatic carbocycles. The van der Waals surface area contributed by atoms with E-state index in [1.165, 1.54) is 58.2 Å². The number of rotatable bonds is 8. The minimum atomic E-state index is -0.0787. The van der Waals surface area contributed by atoms with Gasteiger partial charge in [-0.2, -0.15) is 0 Å². The molecule has 0 bridgehead atoms. The molecule has 1 aliphatic heterocycles. The van der Waals surface area contributed by atoms with E-state index in [4.69, 9.17) is 5.21 Å². The Bertz CT molecular complexity index is 252. The van der Waals surface area contributed by atoms with Crippen LogP contribution in [0.5, 0.6) is 0 Å². The van der Waals surface area contributed by atoms with Gasteiger partial charge in [-0.25, -0.2) is 0 Å². The highest BCUT2D eigenvalue weighted by atomic mass is 35.5. The Morgan fingerprint density at radius 1 is 1.05 bits per heavy atom. The lowest BCUT2D eigenvalue weighted by Crippen LogP contribution is -2.25. The molecule has 1 heterocycles. The second kappa shape index (κ2) is 12.4. The number of hydrogen-bond acceptors (Lipinski definition) is 4. The van der Waals surface area contributed by atoms with Crippen LogP contribution in [0.4, 0.5) is 0 Å². The summed E-state index contributed by atoms with van der Waals surface area (Å²) in [6.45, 7) is 3.75. The van der Waals surface area contributed by atoms with Crippen molar-refractivity contribution in [2.24, 2.45) is 5.16 Å². The summed E-state index contributed by atoms with van der Waals surface area (Å²) in [6.07, 6.45) is 11.4. The number of hydrogen-bond donors (Lipinski definition) is 1. The number of ketones is 1. The van der Waals surface area contributed by atoms with Crippen molar-refractivity contribution in [3.8, 4) is 0 Å². The third-order valence-corrected chi connectivity index (χ3v) is 3.55. The molecule has 1 fully saturated rings. The highest BCUT2D eigenvalue weighted by molar-refractivity contribution is 6.27. The average Bonchev–Trinajstić information content (AvgIpc) is 2.62. The van der Waals surface area contributed by atoms with E-state index < -0.39 is 0 Å². The second-order valence-corrected chi connectivity index (χ2v) is 5.13. The quantitative estimate of drug-likeness (QED) is 0.323. The third-order valence-electron chi connectivity index (χ3n) is 3.55. The van der Waals surface area contributed by atoms with Crippen LogP contribution < -0.4 is 0 Å². The van der Waals surface area contributed by atoms with Crippen molar-refractivity contribution in [3.63, 3.8) is 0 Å². The number of unbranched alkanes of at least 4 members (excludes halogenated alkanes) is 3. The molecule has 1 saturated heterocycles. The maximum absolute atomic E-state index is 11.0. The topological polar surface area (TPSA) is 52.9 Å². The van der Waals surface area contributed by atoms with Crippen molar-refractivity contribution < 1.29 is 10.0 Å². The fraction of sp³-hybridized carbons (Fsp3) is 0.857. The molecular formula is C14H27ClN2O2. The Balaban J connectivity index is 0.00000324. The molecule has 1 aliphatic rings. The summed E-state index contributed by atoms with van der Waals surface area (Å²) in [4.78, 5) is 13.6. The smallest absolute Gasteiger partial charge is 0.177 e. The van der Waals surface area contributed by atoms with E-state index in [0.29, 0.717) is 6.42 Å². The van der Waals surface area contributed by atoms with E-state index in [-0.39, 0.29) is 18.2 Å². The number of carbonyl (C=O) groups is 1. The summed E-state index contributed by atoms with van der Waals surface area (Å²) in [5, 5.41) is 10.9. The molecule has 5 heteroatoms. The molecule has 0 aromatic rings. The van der Waals surface area contributed by atoms with Crippen LogP contribution in [0.25, 0.3) is 0 Å². The molecule has 4 nitrogen and oxygen atoms in total. The van der Waals surface area contributed by atoms with Crippen LogP contribution in [0, 0.1) is 0 Å². The van der Waals surface area contributed by atoms with Crippen LogP contribution in [0.3, 0.4) is 0 Å². The van der Waals surface area contributed by atoms with Crippen LogP contribution >= 0.6 is 12.4 Å². The first kappa shape index (κ1) is 18.4. The van der Waals surface area contributed by atoms with Crippen LogP contribution in [0.2, 0.25) is 0 Å². The summed E-state index contributed by atoms with van der Waals surface area (Å²) < 4.78 is 0. The number of carbonyl (C=O) groups excluding carboxylic acids is 1. The lowest BCUT2D eigenvalue weighted by atomic mass is 10.1. The van der Waals surface area contributed by atoms with Crippen molar-refractivity contribution in [1.29, 1.82) is 0 Å². The molecule has 0 saturated carbocycles. The minimum Gasteiger partial charge on any atom is -0.411 e. The van der Waals surface area contributed by atoms with Gasteiger partial charge in [-0.1, -0.05) is 30.8 Å². The monoisotopic (exact) mass is 290 g/mol. The number of likely N-dealkylation sites (tertiary alicyclic amines) is 1. The molecule has 0 unspecified atom stereocenters. The lowest BCUT2D eigenvalue weighted by molar-refractivity contribution is -0.112. The van der Waals surface area contributed by atoms with E-state index in [0.717, 1.165) is 19.1 Å². The summed E-state index contributed by atoms with van der Waals surface area (Å²) >= 11 is 0. The summed E-state index contributed by atoms with van der Waals surface area (Å²) in [7, 11) is 0. The molecule has 1 rings (SSSR count). The summed E-state index contributed by atoms with van der Waals surface area (Å²) in [5.74, 6) is -0.0787. The molecular weight excluding hydrogens is 264 g/mol. The van der Waals surface area contributed by atoms with E-state index in [1.807, 2.05) is 0 Å². The predicted molar refractivity (Wildman–Crippen MR) is 80.5 cm³/mol. The van der Waals surface area contributed by atoms with Gasteiger partial charge < -0.3 is 10.1 Å². The lowest BCUT2D eigenvalue weighted by Gasteiger charge is -2.19. The minimum absolute atomic E-state index is 0. The van der Waals surface area contributed by atoms with Gasteiger partial charge in [0.05, 0.1) is 0 Å². The van der Waals surface area contributed by atoms with E-state index in [9.17, 15) is 4.79 Å². The van der Waals surface area contributed by atoms with Gasteiger partial charge in [-0.05, 0) is 45.3 Å². The Kier molecular flexibility index (Phi) is 12.0. The molecule has 0 radical (unpaired) electrons. The van der Waals surface area contributed by atoms with Crippen molar-refractivity contribution in [2.75, 3.05) is 19.6 Å². The molecule has 0 atom stereocenters. The molecule has 0 amide bonds. The largest absolute Gasteiger partial charge is 0.411 e. The van der Waals surface area contributed by atoms with Gasteiger partial charge in [0.25, 0.3) is 0 Å². The van der Waals surface area contributed by atoms with Crippen LogP contribution in [-0.2, 0) is 4.79 Å². The molecule has 0 spiro atoms. The van der Waals surface area contributed by atoms with Crippen molar-refractivity contribution in [3.05, 3.63) is 0 Å². The van der Waals surface area contributed by atoms with Crippen molar-refractivity contribution >= 4 is 24.4 Å². The zero-order valence-electron chi connectivity index (χ0n) is 11.7. The molecule has 1 N–H and O–H groups in total. The van der Waals surface area contributed by atoms with Gasteiger partial charge in [0, 0.05) is 6.42 Å². The molecule has 0 aromatic heterocycles. The standard InChI is InChI=1S/C14H26N2O2.ClH/c17-14(13-15-18)9-5-1-2-6-10-16-11-7-3-4-8-12-16;/h13,18H,1-12H2;1H. The third kappa shape index (κ3) is 9.91.